The van der Waals surface area contributed by atoms with Crippen molar-refractivity contribution in [3.8, 4) is 17.2 Å². The number of hydrogen-bond donors (Lipinski definition) is 3. The first kappa shape index (κ1) is 25.3. The van der Waals surface area contributed by atoms with Crippen LogP contribution in [-0.2, 0) is 19.6 Å². The second-order valence-corrected chi connectivity index (χ2v) is 9.43. The van der Waals surface area contributed by atoms with Gasteiger partial charge in [0, 0.05) is 31.6 Å². The predicted molar refractivity (Wildman–Crippen MR) is 127 cm³/mol. The number of amides is 2. The standard InChI is InChI=1S/C23H29N3O7S/c1-16(27)25-19-14-17(7-9-20(19)31-2)26-23(28)6-4-3-5-11-24-34(29,30)18-8-10-21-22(15-18)33-13-12-32-21/h7-10,14-15,24H,3-6,11-13H2,1-2H3,(H,25,27)(H,26,28). The monoisotopic (exact) mass is 491 g/mol. The summed E-state index contributed by atoms with van der Waals surface area (Å²) in [7, 11) is -2.17. The van der Waals surface area contributed by atoms with Crippen LogP contribution in [0, 0.1) is 0 Å². The molecule has 0 saturated carbocycles. The van der Waals surface area contributed by atoms with Crippen LogP contribution in [0.25, 0.3) is 0 Å². The van der Waals surface area contributed by atoms with E-state index < -0.39 is 10.0 Å². The van der Waals surface area contributed by atoms with Crippen LogP contribution in [0.3, 0.4) is 0 Å². The molecule has 0 radical (unpaired) electrons. The molecule has 3 N–H and O–H groups in total. The van der Waals surface area contributed by atoms with Crippen LogP contribution in [0.1, 0.15) is 32.6 Å². The number of sulfonamides is 1. The van der Waals surface area contributed by atoms with E-state index in [1.54, 1.807) is 24.3 Å². The van der Waals surface area contributed by atoms with Crippen LogP contribution in [0.15, 0.2) is 41.3 Å². The van der Waals surface area contributed by atoms with Gasteiger partial charge in [0.2, 0.25) is 21.8 Å². The number of benzene rings is 2. The minimum Gasteiger partial charge on any atom is -0.495 e. The first-order valence-corrected chi connectivity index (χ1v) is 12.4. The van der Waals surface area contributed by atoms with Gasteiger partial charge in [-0.1, -0.05) is 6.42 Å². The van der Waals surface area contributed by atoms with E-state index in [0.29, 0.717) is 61.1 Å². The van der Waals surface area contributed by atoms with Crippen LogP contribution in [0.5, 0.6) is 17.2 Å². The normalized spacial score (nSPS) is 12.6. The Bertz CT molecular complexity index is 1140. The maximum Gasteiger partial charge on any atom is 0.240 e. The number of carbonyl (C=O) groups excluding carboxylic acids is 2. The molecule has 3 rings (SSSR count). The van der Waals surface area contributed by atoms with Crippen molar-refractivity contribution in [2.45, 2.75) is 37.5 Å². The largest absolute Gasteiger partial charge is 0.495 e. The summed E-state index contributed by atoms with van der Waals surface area (Å²) in [5.41, 5.74) is 1.01. The quantitative estimate of drug-likeness (QED) is 0.412. The number of anilines is 2. The molecular weight excluding hydrogens is 462 g/mol. The van der Waals surface area contributed by atoms with Gasteiger partial charge in [-0.05, 0) is 43.2 Å². The van der Waals surface area contributed by atoms with E-state index >= 15 is 0 Å². The second-order valence-electron chi connectivity index (χ2n) is 7.66. The predicted octanol–water partition coefficient (Wildman–Crippen LogP) is 2.90. The minimum absolute atomic E-state index is 0.120. The summed E-state index contributed by atoms with van der Waals surface area (Å²) in [4.78, 5) is 23.7. The maximum absolute atomic E-state index is 12.5. The summed E-state index contributed by atoms with van der Waals surface area (Å²) in [5.74, 6) is 1.03. The van der Waals surface area contributed by atoms with E-state index in [4.69, 9.17) is 14.2 Å². The number of carbonyl (C=O) groups is 2. The van der Waals surface area contributed by atoms with Gasteiger partial charge in [0.15, 0.2) is 11.5 Å². The van der Waals surface area contributed by atoms with Gasteiger partial charge >= 0.3 is 0 Å². The van der Waals surface area contributed by atoms with Gasteiger partial charge in [0.1, 0.15) is 19.0 Å². The van der Waals surface area contributed by atoms with Crippen LogP contribution in [-0.4, -0.2) is 47.1 Å². The number of fused-ring (bicyclic) bond motifs is 1. The zero-order chi connectivity index (χ0) is 24.6. The van der Waals surface area contributed by atoms with Gasteiger partial charge in [-0.25, -0.2) is 13.1 Å². The fourth-order valence-electron chi connectivity index (χ4n) is 3.36. The van der Waals surface area contributed by atoms with Crippen molar-refractivity contribution in [3.05, 3.63) is 36.4 Å². The zero-order valence-electron chi connectivity index (χ0n) is 19.2. The first-order chi connectivity index (χ1) is 16.3. The van der Waals surface area contributed by atoms with Crippen molar-refractivity contribution in [1.29, 1.82) is 0 Å². The van der Waals surface area contributed by atoms with Crippen molar-refractivity contribution < 1.29 is 32.2 Å². The molecule has 1 aliphatic heterocycles. The molecule has 0 fully saturated rings. The lowest BCUT2D eigenvalue weighted by atomic mass is 10.2. The molecular formula is C23H29N3O7S. The van der Waals surface area contributed by atoms with Gasteiger partial charge < -0.3 is 24.8 Å². The average Bonchev–Trinajstić information content (AvgIpc) is 2.80. The molecule has 0 unspecified atom stereocenters. The highest BCUT2D eigenvalue weighted by Gasteiger charge is 2.19. The second kappa shape index (κ2) is 11.7. The topological polar surface area (TPSA) is 132 Å². The number of nitrogens with one attached hydrogen (secondary N) is 3. The van der Waals surface area contributed by atoms with Crippen LogP contribution >= 0.6 is 0 Å². The molecule has 2 aromatic carbocycles. The summed E-state index contributed by atoms with van der Waals surface area (Å²) in [6.07, 6.45) is 2.16. The highest BCUT2D eigenvalue weighted by Crippen LogP contribution is 2.32. The molecule has 2 aromatic rings. The number of ether oxygens (including phenoxy) is 3. The van der Waals surface area contributed by atoms with Crippen molar-refractivity contribution in [1.82, 2.24) is 4.72 Å². The summed E-state index contributed by atoms with van der Waals surface area (Å²) in [5, 5.41) is 5.45. The molecule has 10 nitrogen and oxygen atoms in total. The first-order valence-electron chi connectivity index (χ1n) is 10.9. The highest BCUT2D eigenvalue weighted by atomic mass is 32.2. The smallest absolute Gasteiger partial charge is 0.240 e. The minimum atomic E-state index is -3.66. The Morgan fingerprint density at radius 1 is 0.971 bits per heavy atom. The number of methoxy groups -OCH3 is 1. The Labute approximate surface area is 199 Å². The lowest BCUT2D eigenvalue weighted by Gasteiger charge is -2.18. The number of rotatable bonds is 11. The third-order valence-electron chi connectivity index (χ3n) is 4.99. The van der Waals surface area contributed by atoms with E-state index in [0.717, 1.165) is 0 Å². The van der Waals surface area contributed by atoms with E-state index in [-0.39, 0.29) is 29.7 Å². The summed E-state index contributed by atoms with van der Waals surface area (Å²) in [6, 6.07) is 9.51. The fraction of sp³-hybridized carbons (Fsp3) is 0.391. The Kier molecular flexibility index (Phi) is 8.72. The maximum atomic E-state index is 12.5. The average molecular weight is 492 g/mol. The highest BCUT2D eigenvalue weighted by molar-refractivity contribution is 7.89. The molecule has 0 spiro atoms. The molecule has 34 heavy (non-hydrogen) atoms. The van der Waals surface area contributed by atoms with Gasteiger partial charge in [0.05, 0.1) is 17.7 Å². The van der Waals surface area contributed by atoms with E-state index in [2.05, 4.69) is 15.4 Å². The van der Waals surface area contributed by atoms with Gasteiger partial charge in [-0.15, -0.1) is 0 Å². The van der Waals surface area contributed by atoms with Gasteiger partial charge in [-0.2, -0.15) is 0 Å². The third kappa shape index (κ3) is 7.09. The molecule has 2 amide bonds. The molecule has 1 aliphatic rings. The van der Waals surface area contributed by atoms with Crippen LogP contribution in [0.4, 0.5) is 11.4 Å². The van der Waals surface area contributed by atoms with Crippen molar-refractivity contribution in [3.63, 3.8) is 0 Å². The summed E-state index contributed by atoms with van der Waals surface area (Å²) >= 11 is 0. The summed E-state index contributed by atoms with van der Waals surface area (Å²) in [6.45, 7) is 2.47. The molecule has 0 saturated heterocycles. The molecule has 11 heteroatoms. The lowest BCUT2D eigenvalue weighted by molar-refractivity contribution is -0.116. The Morgan fingerprint density at radius 3 is 2.47 bits per heavy atom. The SMILES string of the molecule is COc1ccc(NC(=O)CCCCCNS(=O)(=O)c2ccc3c(c2)OCCO3)cc1NC(C)=O. The Hall–Kier alpha value is -3.31. The molecule has 0 aromatic heterocycles. The van der Waals surface area contributed by atoms with Crippen LogP contribution < -0.4 is 29.6 Å². The molecule has 0 bridgehead atoms. The molecule has 184 valence electrons. The molecule has 0 atom stereocenters. The fourth-order valence-corrected chi connectivity index (χ4v) is 4.45. The molecule has 1 heterocycles. The van der Waals surface area contributed by atoms with Crippen molar-refractivity contribution >= 4 is 33.2 Å². The van der Waals surface area contributed by atoms with Gasteiger partial charge in [-0.3, -0.25) is 9.59 Å². The molecule has 0 aliphatic carbocycles. The number of unbranched alkanes of at least 4 members (excludes halogenated alkanes) is 2. The third-order valence-corrected chi connectivity index (χ3v) is 6.45. The Morgan fingerprint density at radius 2 is 1.74 bits per heavy atom. The van der Waals surface area contributed by atoms with E-state index in [1.165, 1.54) is 26.2 Å². The van der Waals surface area contributed by atoms with E-state index in [1.807, 2.05) is 0 Å². The number of hydrogen-bond acceptors (Lipinski definition) is 7. The van der Waals surface area contributed by atoms with Crippen LogP contribution in [0.2, 0.25) is 0 Å². The lowest BCUT2D eigenvalue weighted by Crippen LogP contribution is -2.25. The van der Waals surface area contributed by atoms with Crippen molar-refractivity contribution in [2.24, 2.45) is 0 Å². The Balaban J connectivity index is 1.39. The zero-order valence-corrected chi connectivity index (χ0v) is 20.0. The van der Waals surface area contributed by atoms with Crippen molar-refractivity contribution in [2.75, 3.05) is 37.5 Å². The van der Waals surface area contributed by atoms with E-state index in [9.17, 15) is 18.0 Å². The van der Waals surface area contributed by atoms with Gasteiger partial charge in [0.25, 0.3) is 0 Å². The summed E-state index contributed by atoms with van der Waals surface area (Å²) < 4.78 is 43.6.